The van der Waals surface area contributed by atoms with E-state index in [0.29, 0.717) is 6.54 Å². The highest BCUT2D eigenvalue weighted by molar-refractivity contribution is 7.91. The Labute approximate surface area is 168 Å². The molecule has 1 aliphatic rings. The number of sulfone groups is 1. The van der Waals surface area contributed by atoms with Crippen LogP contribution in [0.15, 0.2) is 89.1 Å². The first-order valence-electron chi connectivity index (χ1n) is 9.26. The Morgan fingerprint density at radius 3 is 2.69 bits per heavy atom. The predicted octanol–water partition coefficient (Wildman–Crippen LogP) is 3.87. The third-order valence-electron chi connectivity index (χ3n) is 5.07. The third-order valence-corrected chi connectivity index (χ3v) is 6.80. The molecule has 0 radical (unpaired) electrons. The van der Waals surface area contributed by atoms with Crippen LogP contribution in [0.3, 0.4) is 0 Å². The van der Waals surface area contributed by atoms with Crippen molar-refractivity contribution in [1.82, 2.24) is 15.2 Å². The van der Waals surface area contributed by atoms with E-state index in [0.717, 1.165) is 34.3 Å². The van der Waals surface area contributed by atoms with Gasteiger partial charge < -0.3 is 4.90 Å². The zero-order valence-electron chi connectivity index (χ0n) is 15.5. The predicted molar refractivity (Wildman–Crippen MR) is 111 cm³/mol. The number of benzene rings is 2. The number of fused-ring (bicyclic) bond motifs is 2. The van der Waals surface area contributed by atoms with Crippen LogP contribution in [0, 0.1) is 0 Å². The van der Waals surface area contributed by atoms with Gasteiger partial charge >= 0.3 is 0 Å². The van der Waals surface area contributed by atoms with Crippen molar-refractivity contribution in [3.8, 4) is 0 Å². The minimum absolute atomic E-state index is 0.199. The number of para-hydroxylation sites is 1. The van der Waals surface area contributed by atoms with Gasteiger partial charge in [-0.15, -0.1) is 0 Å². The van der Waals surface area contributed by atoms with E-state index in [1.54, 1.807) is 18.2 Å². The van der Waals surface area contributed by atoms with E-state index in [-0.39, 0.29) is 9.79 Å². The highest BCUT2D eigenvalue weighted by Gasteiger charge is 2.19. The lowest BCUT2D eigenvalue weighted by molar-refractivity contribution is 0.596. The summed E-state index contributed by atoms with van der Waals surface area (Å²) in [6.07, 6.45) is 8.22. The summed E-state index contributed by atoms with van der Waals surface area (Å²) in [5.74, 6) is 0.978. The van der Waals surface area contributed by atoms with Gasteiger partial charge in [0.15, 0.2) is 0 Å². The molecule has 3 heterocycles. The van der Waals surface area contributed by atoms with Gasteiger partial charge in [-0.05, 0) is 36.2 Å². The first-order valence-corrected chi connectivity index (χ1v) is 10.7. The van der Waals surface area contributed by atoms with Crippen LogP contribution in [0.4, 0.5) is 5.82 Å². The van der Waals surface area contributed by atoms with E-state index in [2.05, 4.69) is 26.2 Å². The SMILES string of the molecule is O=S(=O)(c1ccc(CN2C=CCc3cn[nH]c32)cc1)c1cnc2ccccc2c1. The topological polar surface area (TPSA) is 79.0 Å². The third kappa shape index (κ3) is 3.19. The quantitative estimate of drug-likeness (QED) is 0.561. The van der Waals surface area contributed by atoms with Crippen molar-refractivity contribution in [1.29, 1.82) is 0 Å². The van der Waals surface area contributed by atoms with Gasteiger partial charge in [0.25, 0.3) is 0 Å². The molecule has 1 N–H and O–H groups in total. The number of H-pyrrole nitrogens is 1. The van der Waals surface area contributed by atoms with Gasteiger partial charge in [0.1, 0.15) is 5.82 Å². The van der Waals surface area contributed by atoms with Crippen molar-refractivity contribution in [2.45, 2.75) is 22.8 Å². The molecule has 0 amide bonds. The molecule has 7 heteroatoms. The van der Waals surface area contributed by atoms with Crippen LogP contribution in [0.25, 0.3) is 10.9 Å². The standard InChI is InChI=1S/C22H18N4O2S/c27-29(28,20-12-17-4-1-2-6-21(17)23-14-20)19-9-7-16(8-10-19)15-26-11-3-5-18-13-24-25-22(18)26/h1-4,6-14H,5,15H2,(H,24,25). The molecule has 0 spiro atoms. The van der Waals surface area contributed by atoms with Crippen LogP contribution in [-0.2, 0) is 22.8 Å². The summed E-state index contributed by atoms with van der Waals surface area (Å²) in [4.78, 5) is 6.81. The summed E-state index contributed by atoms with van der Waals surface area (Å²) in [7, 11) is -3.63. The van der Waals surface area contributed by atoms with Gasteiger partial charge in [-0.1, -0.05) is 36.4 Å². The summed E-state index contributed by atoms with van der Waals surface area (Å²) < 4.78 is 26.1. The second-order valence-electron chi connectivity index (χ2n) is 6.97. The number of nitrogens with one attached hydrogen (secondary N) is 1. The van der Waals surface area contributed by atoms with Gasteiger partial charge in [-0.2, -0.15) is 5.10 Å². The van der Waals surface area contributed by atoms with Gasteiger partial charge in [-0.25, -0.2) is 8.42 Å². The molecule has 0 saturated carbocycles. The lowest BCUT2D eigenvalue weighted by atomic mass is 10.1. The van der Waals surface area contributed by atoms with Gasteiger partial charge in [0, 0.05) is 29.9 Å². The Morgan fingerprint density at radius 2 is 1.83 bits per heavy atom. The minimum Gasteiger partial charge on any atom is -0.329 e. The Morgan fingerprint density at radius 1 is 1.00 bits per heavy atom. The van der Waals surface area contributed by atoms with Crippen molar-refractivity contribution in [2.75, 3.05) is 4.90 Å². The number of hydrogen-bond acceptors (Lipinski definition) is 5. The fourth-order valence-electron chi connectivity index (χ4n) is 3.52. The van der Waals surface area contributed by atoms with Crippen LogP contribution in [0.5, 0.6) is 0 Å². The number of rotatable bonds is 4. The number of aromatic nitrogens is 3. The van der Waals surface area contributed by atoms with Gasteiger partial charge in [0.2, 0.25) is 9.84 Å². The Kier molecular flexibility index (Phi) is 4.17. The highest BCUT2D eigenvalue weighted by atomic mass is 32.2. The maximum Gasteiger partial charge on any atom is 0.208 e. The molecular weight excluding hydrogens is 384 g/mol. The van der Waals surface area contributed by atoms with Crippen LogP contribution >= 0.6 is 0 Å². The molecule has 5 rings (SSSR count). The molecule has 29 heavy (non-hydrogen) atoms. The molecule has 0 saturated heterocycles. The molecule has 0 unspecified atom stereocenters. The summed E-state index contributed by atoms with van der Waals surface area (Å²) in [5.41, 5.74) is 2.93. The number of hydrogen-bond donors (Lipinski definition) is 1. The van der Waals surface area contributed by atoms with E-state index < -0.39 is 9.84 Å². The number of aromatic amines is 1. The Hall–Kier alpha value is -3.45. The molecule has 0 atom stereocenters. The first kappa shape index (κ1) is 17.6. The van der Waals surface area contributed by atoms with Gasteiger partial charge in [-0.3, -0.25) is 10.1 Å². The molecule has 2 aromatic heterocycles. The fourth-order valence-corrected chi connectivity index (χ4v) is 4.76. The number of pyridine rings is 1. The average Bonchev–Trinajstić information content (AvgIpc) is 3.24. The maximum atomic E-state index is 13.0. The minimum atomic E-state index is -3.63. The van der Waals surface area contributed by atoms with Gasteiger partial charge in [0.05, 0.1) is 21.5 Å². The molecule has 4 aromatic rings. The molecule has 144 valence electrons. The van der Waals surface area contributed by atoms with E-state index in [1.807, 2.05) is 48.8 Å². The molecule has 6 nitrogen and oxygen atoms in total. The van der Waals surface area contributed by atoms with Crippen LogP contribution in [0.2, 0.25) is 0 Å². The lowest BCUT2D eigenvalue weighted by Crippen LogP contribution is -2.19. The number of allylic oxidation sites excluding steroid dienone is 1. The molecule has 2 aromatic carbocycles. The largest absolute Gasteiger partial charge is 0.329 e. The first-order chi connectivity index (χ1) is 14.1. The van der Waals surface area contributed by atoms with Crippen molar-refractivity contribution in [3.05, 3.63) is 90.4 Å². The van der Waals surface area contributed by atoms with Crippen LogP contribution < -0.4 is 4.90 Å². The van der Waals surface area contributed by atoms with E-state index >= 15 is 0 Å². The van der Waals surface area contributed by atoms with Crippen molar-refractivity contribution in [3.63, 3.8) is 0 Å². The molecular formula is C22H18N4O2S. The number of anilines is 1. The normalized spacial score (nSPS) is 13.6. The monoisotopic (exact) mass is 402 g/mol. The Balaban J connectivity index is 1.42. The van der Waals surface area contributed by atoms with E-state index in [4.69, 9.17) is 0 Å². The summed E-state index contributed by atoms with van der Waals surface area (Å²) in [5, 5.41) is 7.93. The second kappa shape index (κ2) is 6.86. The fraction of sp³-hybridized carbons (Fsp3) is 0.0909. The Bertz CT molecular complexity index is 1320. The summed E-state index contributed by atoms with van der Waals surface area (Å²) in [6, 6.07) is 16.1. The lowest BCUT2D eigenvalue weighted by Gasteiger charge is -2.23. The van der Waals surface area contributed by atoms with Crippen LogP contribution in [-0.4, -0.2) is 23.6 Å². The molecule has 0 aliphatic carbocycles. The van der Waals surface area contributed by atoms with Crippen molar-refractivity contribution >= 4 is 26.6 Å². The van der Waals surface area contributed by atoms with E-state index in [9.17, 15) is 8.42 Å². The van der Waals surface area contributed by atoms with Crippen molar-refractivity contribution in [2.24, 2.45) is 0 Å². The molecule has 0 fully saturated rings. The van der Waals surface area contributed by atoms with E-state index in [1.165, 1.54) is 6.20 Å². The molecule has 1 aliphatic heterocycles. The maximum absolute atomic E-state index is 13.0. The average molecular weight is 402 g/mol. The zero-order valence-corrected chi connectivity index (χ0v) is 16.3. The smallest absolute Gasteiger partial charge is 0.208 e. The number of nitrogens with zero attached hydrogens (tertiary/aromatic N) is 3. The van der Waals surface area contributed by atoms with Crippen molar-refractivity contribution < 1.29 is 8.42 Å². The summed E-state index contributed by atoms with van der Waals surface area (Å²) in [6.45, 7) is 0.629. The second-order valence-corrected chi connectivity index (χ2v) is 8.92. The van der Waals surface area contributed by atoms with Crippen LogP contribution in [0.1, 0.15) is 11.1 Å². The highest BCUT2D eigenvalue weighted by Crippen LogP contribution is 2.26. The molecule has 0 bridgehead atoms. The zero-order chi connectivity index (χ0) is 19.8. The summed E-state index contributed by atoms with van der Waals surface area (Å²) >= 11 is 0.